The number of rotatable bonds is 3. The smallest absolute Gasteiger partial charge is 0.259 e. The lowest BCUT2D eigenvalue weighted by molar-refractivity contribution is -0.122. The molecular weight excluding hydrogens is 386 g/mol. The topological polar surface area (TPSA) is 82.3 Å². The largest absolute Gasteiger partial charge is 0.508 e. The molecule has 148 valence electrons. The van der Waals surface area contributed by atoms with Gasteiger partial charge in [0.25, 0.3) is 5.91 Å². The highest BCUT2D eigenvalue weighted by molar-refractivity contribution is 8.13. The molecular formula is C22H21N3O3S. The van der Waals surface area contributed by atoms with Crippen molar-refractivity contribution in [1.82, 2.24) is 4.90 Å². The van der Waals surface area contributed by atoms with Gasteiger partial charge in [-0.25, -0.2) is 0 Å². The summed E-state index contributed by atoms with van der Waals surface area (Å²) in [4.78, 5) is 35.5. The average molecular weight is 407 g/mol. The number of amides is 2. The minimum absolute atomic E-state index is 0.105. The zero-order valence-electron chi connectivity index (χ0n) is 16.2. The molecule has 0 aliphatic carbocycles. The molecule has 4 rings (SSSR count). The SMILES string of the molecule is Cc1cccc(CSC2=NC(=O)C3C(=NC(=O)CC3c3cccc(O)c3)N2C)c1. The third-order valence-corrected chi connectivity index (χ3v) is 6.27. The number of carbonyl (C=O) groups excluding carboxylic acids is 2. The first-order chi connectivity index (χ1) is 13.9. The molecule has 2 aromatic rings. The highest BCUT2D eigenvalue weighted by Gasteiger charge is 2.44. The molecule has 0 fully saturated rings. The Labute approximate surface area is 173 Å². The Bertz CT molecular complexity index is 1050. The van der Waals surface area contributed by atoms with Crippen molar-refractivity contribution in [3.63, 3.8) is 0 Å². The number of hydrogen-bond acceptors (Lipinski definition) is 5. The number of aromatic hydroxyl groups is 1. The normalized spacial score (nSPS) is 21.5. The van der Waals surface area contributed by atoms with Gasteiger partial charge in [-0.2, -0.15) is 9.98 Å². The van der Waals surface area contributed by atoms with Crippen molar-refractivity contribution in [3.05, 3.63) is 65.2 Å². The molecule has 2 amide bonds. The molecule has 0 bridgehead atoms. The van der Waals surface area contributed by atoms with Crippen LogP contribution in [0.3, 0.4) is 0 Å². The van der Waals surface area contributed by atoms with Gasteiger partial charge in [0.1, 0.15) is 17.5 Å². The number of phenols is 1. The van der Waals surface area contributed by atoms with E-state index in [1.165, 1.54) is 17.3 Å². The second-order valence-electron chi connectivity index (χ2n) is 7.32. The van der Waals surface area contributed by atoms with Crippen LogP contribution >= 0.6 is 11.8 Å². The third-order valence-electron chi connectivity index (χ3n) is 5.17. The van der Waals surface area contributed by atoms with Crippen LogP contribution in [0.1, 0.15) is 29.0 Å². The highest BCUT2D eigenvalue weighted by Crippen LogP contribution is 2.38. The maximum absolute atomic E-state index is 12.9. The first kappa shape index (κ1) is 19.4. The summed E-state index contributed by atoms with van der Waals surface area (Å²) >= 11 is 1.45. The van der Waals surface area contributed by atoms with Gasteiger partial charge in [0.15, 0.2) is 5.17 Å². The van der Waals surface area contributed by atoms with E-state index in [1.807, 2.05) is 31.2 Å². The van der Waals surface area contributed by atoms with E-state index in [4.69, 9.17) is 0 Å². The minimum atomic E-state index is -0.622. The van der Waals surface area contributed by atoms with Gasteiger partial charge in [-0.1, -0.05) is 53.7 Å². The van der Waals surface area contributed by atoms with Crippen molar-refractivity contribution in [2.75, 3.05) is 7.05 Å². The number of carbonyl (C=O) groups is 2. The maximum Gasteiger partial charge on any atom is 0.259 e. The molecule has 2 aliphatic heterocycles. The molecule has 2 aromatic carbocycles. The zero-order chi connectivity index (χ0) is 20.5. The third kappa shape index (κ3) is 3.96. The van der Waals surface area contributed by atoms with Crippen LogP contribution in [0.5, 0.6) is 5.75 Å². The summed E-state index contributed by atoms with van der Waals surface area (Å²) in [6.07, 6.45) is 0.124. The number of aliphatic imine (C=N–C) groups is 2. The van der Waals surface area contributed by atoms with Crippen LogP contribution in [-0.2, 0) is 15.3 Å². The Morgan fingerprint density at radius 3 is 2.69 bits per heavy atom. The minimum Gasteiger partial charge on any atom is -0.508 e. The molecule has 0 saturated heterocycles. The number of fused-ring (bicyclic) bond motifs is 1. The lowest BCUT2D eigenvalue weighted by atomic mass is 9.79. The molecule has 2 unspecified atom stereocenters. The molecule has 1 N–H and O–H groups in total. The molecule has 2 atom stereocenters. The zero-order valence-corrected chi connectivity index (χ0v) is 17.0. The predicted octanol–water partition coefficient (Wildman–Crippen LogP) is 3.49. The Balaban J connectivity index is 1.62. The lowest BCUT2D eigenvalue weighted by Crippen LogP contribution is -2.49. The van der Waals surface area contributed by atoms with Crippen LogP contribution in [0.25, 0.3) is 0 Å². The second-order valence-corrected chi connectivity index (χ2v) is 8.26. The van der Waals surface area contributed by atoms with Crippen LogP contribution in [0.4, 0.5) is 0 Å². The summed E-state index contributed by atoms with van der Waals surface area (Å²) in [5, 5.41) is 10.4. The Morgan fingerprint density at radius 2 is 1.93 bits per heavy atom. The van der Waals surface area contributed by atoms with E-state index in [1.54, 1.807) is 30.1 Å². The quantitative estimate of drug-likeness (QED) is 0.842. The van der Waals surface area contributed by atoms with E-state index < -0.39 is 5.92 Å². The standard InChI is InChI=1S/C22H21N3O3S/c1-13-5-3-6-14(9-13)12-29-22-24-21(28)19-17(15-7-4-8-16(26)10-15)11-18(27)23-20(19)25(22)2/h3-10,17,19,26H,11-12H2,1-2H3. The van der Waals surface area contributed by atoms with E-state index in [-0.39, 0.29) is 29.9 Å². The van der Waals surface area contributed by atoms with Gasteiger partial charge in [0.2, 0.25) is 5.91 Å². The molecule has 2 heterocycles. The fourth-order valence-corrected chi connectivity index (χ4v) is 4.69. The van der Waals surface area contributed by atoms with Gasteiger partial charge < -0.3 is 10.0 Å². The number of thioether (sulfide) groups is 1. The van der Waals surface area contributed by atoms with E-state index in [0.29, 0.717) is 16.8 Å². The van der Waals surface area contributed by atoms with Crippen molar-refractivity contribution in [2.24, 2.45) is 15.9 Å². The summed E-state index contributed by atoms with van der Waals surface area (Å²) in [5.41, 5.74) is 3.05. The van der Waals surface area contributed by atoms with Gasteiger partial charge in [-0.3, -0.25) is 9.59 Å². The number of phenolic OH excluding ortho intramolecular Hbond substituents is 1. The number of nitrogens with zero attached hydrogens (tertiary/aromatic N) is 3. The summed E-state index contributed by atoms with van der Waals surface area (Å²) in [6, 6.07) is 14.9. The predicted molar refractivity (Wildman–Crippen MR) is 114 cm³/mol. The fraction of sp³-hybridized carbons (Fsp3) is 0.273. The van der Waals surface area contributed by atoms with Crippen LogP contribution < -0.4 is 0 Å². The van der Waals surface area contributed by atoms with Crippen LogP contribution in [0.15, 0.2) is 58.5 Å². The van der Waals surface area contributed by atoms with Crippen molar-refractivity contribution in [1.29, 1.82) is 0 Å². The first-order valence-electron chi connectivity index (χ1n) is 9.37. The number of aryl methyl sites for hydroxylation is 1. The van der Waals surface area contributed by atoms with Gasteiger partial charge in [0, 0.05) is 25.1 Å². The molecule has 0 radical (unpaired) electrons. The van der Waals surface area contributed by atoms with E-state index in [0.717, 1.165) is 11.1 Å². The van der Waals surface area contributed by atoms with Crippen LogP contribution in [0, 0.1) is 12.8 Å². The van der Waals surface area contributed by atoms with Crippen LogP contribution in [0.2, 0.25) is 0 Å². The van der Waals surface area contributed by atoms with E-state index in [2.05, 4.69) is 16.1 Å². The summed E-state index contributed by atoms with van der Waals surface area (Å²) in [7, 11) is 1.79. The average Bonchev–Trinajstić information content (AvgIpc) is 2.69. The summed E-state index contributed by atoms with van der Waals surface area (Å²) < 4.78 is 0. The number of amidine groups is 2. The molecule has 7 heteroatoms. The Morgan fingerprint density at radius 1 is 1.14 bits per heavy atom. The molecule has 0 aromatic heterocycles. The summed E-state index contributed by atoms with van der Waals surface area (Å²) in [5.74, 6) is -0.370. The van der Waals surface area contributed by atoms with E-state index >= 15 is 0 Å². The molecule has 0 spiro atoms. The molecule has 2 aliphatic rings. The fourth-order valence-electron chi connectivity index (χ4n) is 3.78. The number of benzene rings is 2. The van der Waals surface area contributed by atoms with Gasteiger partial charge >= 0.3 is 0 Å². The Kier molecular flexibility index (Phi) is 5.24. The highest BCUT2D eigenvalue weighted by atomic mass is 32.2. The lowest BCUT2D eigenvalue weighted by Gasteiger charge is -2.37. The molecule has 29 heavy (non-hydrogen) atoms. The second kappa shape index (κ2) is 7.83. The van der Waals surface area contributed by atoms with Crippen molar-refractivity contribution >= 4 is 34.6 Å². The van der Waals surface area contributed by atoms with E-state index in [9.17, 15) is 14.7 Å². The van der Waals surface area contributed by atoms with Crippen LogP contribution in [-0.4, -0.2) is 39.9 Å². The van der Waals surface area contributed by atoms with Gasteiger partial charge in [0.05, 0.1) is 0 Å². The number of hydrogen-bond donors (Lipinski definition) is 1. The van der Waals surface area contributed by atoms with Crippen molar-refractivity contribution in [2.45, 2.75) is 25.0 Å². The maximum atomic E-state index is 12.9. The molecule has 0 saturated carbocycles. The van der Waals surface area contributed by atoms with Crippen molar-refractivity contribution < 1.29 is 14.7 Å². The molecule has 6 nitrogen and oxygen atoms in total. The summed E-state index contributed by atoms with van der Waals surface area (Å²) in [6.45, 7) is 2.04. The van der Waals surface area contributed by atoms with Gasteiger partial charge in [-0.15, -0.1) is 0 Å². The van der Waals surface area contributed by atoms with Gasteiger partial charge in [-0.05, 0) is 30.2 Å². The van der Waals surface area contributed by atoms with Crippen molar-refractivity contribution in [3.8, 4) is 5.75 Å². The monoisotopic (exact) mass is 407 g/mol. The first-order valence-corrected chi connectivity index (χ1v) is 10.4. The Hall–Kier alpha value is -2.93.